The molecule has 0 heterocycles. The number of hydrogen-bond donors (Lipinski definition) is 1. The van der Waals surface area contributed by atoms with Crippen molar-refractivity contribution >= 4 is 29.3 Å². The quantitative estimate of drug-likeness (QED) is 0.799. The lowest BCUT2D eigenvalue weighted by molar-refractivity contribution is -0.131. The summed E-state index contributed by atoms with van der Waals surface area (Å²) in [5, 5.41) is 9.39. The minimum atomic E-state index is -0.953. The van der Waals surface area contributed by atoms with Crippen LogP contribution in [0.3, 0.4) is 0 Å². The molecule has 0 bridgehead atoms. The number of halogens is 1. The second kappa shape index (κ2) is 7.19. The number of carboxylic acid groups (broad SMARTS) is 1. The van der Waals surface area contributed by atoms with Crippen LogP contribution < -0.4 is 4.90 Å². The van der Waals surface area contributed by atoms with Crippen molar-refractivity contribution in [2.24, 2.45) is 0 Å². The number of hydrogen-bond acceptors (Lipinski definition) is 2. The topological polar surface area (TPSA) is 40.5 Å². The van der Waals surface area contributed by atoms with Crippen LogP contribution in [0, 0.1) is 0 Å². The average Bonchev–Trinajstić information content (AvgIpc) is 2.38. The SMILES string of the molecule is CCC(CC)N(C)c1cc(Cl)ccc1/C=C/C(=O)O. The first-order valence-electron chi connectivity index (χ1n) is 6.43. The molecule has 0 aliphatic carbocycles. The summed E-state index contributed by atoms with van der Waals surface area (Å²) in [7, 11) is 2.02. The van der Waals surface area contributed by atoms with Crippen LogP contribution in [0.4, 0.5) is 5.69 Å². The zero-order valence-electron chi connectivity index (χ0n) is 11.6. The molecule has 0 saturated carbocycles. The van der Waals surface area contributed by atoms with Crippen molar-refractivity contribution in [3.8, 4) is 0 Å². The molecule has 0 aliphatic rings. The maximum absolute atomic E-state index is 10.6. The fourth-order valence-corrected chi connectivity index (χ4v) is 2.32. The van der Waals surface area contributed by atoms with Crippen LogP contribution in [0.5, 0.6) is 0 Å². The number of anilines is 1. The molecule has 3 nitrogen and oxygen atoms in total. The molecule has 0 atom stereocenters. The van der Waals surface area contributed by atoms with Gasteiger partial charge in [-0.1, -0.05) is 31.5 Å². The second-order valence-corrected chi connectivity index (χ2v) is 4.89. The van der Waals surface area contributed by atoms with E-state index in [-0.39, 0.29) is 0 Å². The van der Waals surface area contributed by atoms with Gasteiger partial charge in [0.1, 0.15) is 0 Å². The first-order valence-corrected chi connectivity index (χ1v) is 6.80. The summed E-state index contributed by atoms with van der Waals surface area (Å²) in [5.41, 5.74) is 1.82. The molecule has 1 aromatic carbocycles. The molecule has 19 heavy (non-hydrogen) atoms. The highest BCUT2D eigenvalue weighted by Gasteiger charge is 2.14. The van der Waals surface area contributed by atoms with Gasteiger partial charge in [-0.2, -0.15) is 0 Å². The van der Waals surface area contributed by atoms with E-state index in [0.29, 0.717) is 11.1 Å². The van der Waals surface area contributed by atoms with E-state index >= 15 is 0 Å². The van der Waals surface area contributed by atoms with Gasteiger partial charge in [-0.25, -0.2) is 4.79 Å². The Bertz CT molecular complexity index is 467. The molecule has 0 radical (unpaired) electrons. The van der Waals surface area contributed by atoms with Gasteiger partial charge >= 0.3 is 5.97 Å². The van der Waals surface area contributed by atoms with Crippen LogP contribution in [-0.2, 0) is 4.79 Å². The summed E-state index contributed by atoms with van der Waals surface area (Å²) in [6.07, 6.45) is 4.81. The Morgan fingerprint density at radius 1 is 1.42 bits per heavy atom. The smallest absolute Gasteiger partial charge is 0.328 e. The van der Waals surface area contributed by atoms with E-state index in [1.54, 1.807) is 12.1 Å². The summed E-state index contributed by atoms with van der Waals surface area (Å²) < 4.78 is 0. The molecule has 0 saturated heterocycles. The molecule has 0 fully saturated rings. The van der Waals surface area contributed by atoms with E-state index in [1.165, 1.54) is 0 Å². The number of carbonyl (C=O) groups is 1. The van der Waals surface area contributed by atoms with Gasteiger partial charge < -0.3 is 10.0 Å². The van der Waals surface area contributed by atoms with Gasteiger partial charge in [0.25, 0.3) is 0 Å². The Hall–Kier alpha value is -1.48. The highest BCUT2D eigenvalue weighted by molar-refractivity contribution is 6.31. The minimum absolute atomic E-state index is 0.412. The van der Waals surface area contributed by atoms with Gasteiger partial charge in [0.15, 0.2) is 0 Å². The van der Waals surface area contributed by atoms with Crippen molar-refractivity contribution < 1.29 is 9.90 Å². The summed E-state index contributed by atoms with van der Waals surface area (Å²) in [4.78, 5) is 12.8. The monoisotopic (exact) mass is 281 g/mol. The molecule has 0 aliphatic heterocycles. The summed E-state index contributed by atoms with van der Waals surface area (Å²) in [6, 6.07) is 5.90. The third kappa shape index (κ3) is 4.28. The molecule has 0 spiro atoms. The zero-order valence-corrected chi connectivity index (χ0v) is 12.3. The van der Waals surface area contributed by atoms with Crippen molar-refractivity contribution in [2.45, 2.75) is 32.7 Å². The second-order valence-electron chi connectivity index (χ2n) is 4.46. The molecule has 0 amide bonds. The van der Waals surface area contributed by atoms with Gasteiger partial charge in [-0.05, 0) is 36.6 Å². The van der Waals surface area contributed by atoms with Crippen molar-refractivity contribution in [2.75, 3.05) is 11.9 Å². The summed E-state index contributed by atoms with van der Waals surface area (Å²) in [6.45, 7) is 4.28. The zero-order chi connectivity index (χ0) is 14.4. The van der Waals surface area contributed by atoms with E-state index in [2.05, 4.69) is 18.7 Å². The van der Waals surface area contributed by atoms with Crippen molar-refractivity contribution in [3.05, 3.63) is 34.9 Å². The fourth-order valence-electron chi connectivity index (χ4n) is 2.16. The van der Waals surface area contributed by atoms with E-state index in [0.717, 1.165) is 30.2 Å². The van der Waals surface area contributed by atoms with Crippen molar-refractivity contribution in [1.29, 1.82) is 0 Å². The average molecular weight is 282 g/mol. The Morgan fingerprint density at radius 2 is 2.05 bits per heavy atom. The van der Waals surface area contributed by atoms with Crippen LogP contribution in [0.15, 0.2) is 24.3 Å². The standard InChI is InChI=1S/C15H20ClNO2/c1-4-13(5-2)17(3)14-10-12(16)8-6-11(14)7-9-15(18)19/h6-10,13H,4-5H2,1-3H3,(H,18,19)/b9-7+. The molecule has 4 heteroatoms. The minimum Gasteiger partial charge on any atom is -0.478 e. The van der Waals surface area contributed by atoms with Gasteiger partial charge in [0.2, 0.25) is 0 Å². The third-order valence-corrected chi connectivity index (χ3v) is 3.50. The molecule has 0 unspecified atom stereocenters. The van der Waals surface area contributed by atoms with Crippen LogP contribution in [0.25, 0.3) is 6.08 Å². The fraction of sp³-hybridized carbons (Fsp3) is 0.400. The van der Waals surface area contributed by atoms with Gasteiger partial charge in [0.05, 0.1) is 0 Å². The van der Waals surface area contributed by atoms with Gasteiger partial charge in [-0.3, -0.25) is 0 Å². The Balaban J connectivity index is 3.16. The first-order chi connectivity index (χ1) is 8.99. The van der Waals surface area contributed by atoms with Gasteiger partial charge in [-0.15, -0.1) is 0 Å². The number of aliphatic carboxylic acids is 1. The van der Waals surface area contributed by atoms with Crippen molar-refractivity contribution in [1.82, 2.24) is 0 Å². The maximum Gasteiger partial charge on any atom is 0.328 e. The molecule has 1 aromatic rings. The predicted octanol–water partition coefficient (Wildman–Crippen LogP) is 4.06. The lowest BCUT2D eigenvalue weighted by atomic mass is 10.1. The highest BCUT2D eigenvalue weighted by atomic mass is 35.5. The number of carboxylic acids is 1. The Morgan fingerprint density at radius 3 is 2.58 bits per heavy atom. The first kappa shape index (κ1) is 15.6. The molecule has 104 valence electrons. The molecular weight excluding hydrogens is 262 g/mol. The lowest BCUT2D eigenvalue weighted by Crippen LogP contribution is -2.30. The lowest BCUT2D eigenvalue weighted by Gasteiger charge is -2.30. The van der Waals surface area contributed by atoms with Crippen LogP contribution in [0.1, 0.15) is 32.3 Å². The Labute approximate surface area is 119 Å². The van der Waals surface area contributed by atoms with E-state index in [1.807, 2.05) is 19.2 Å². The van der Waals surface area contributed by atoms with E-state index in [9.17, 15) is 4.79 Å². The molecule has 0 aromatic heterocycles. The predicted molar refractivity (Wildman–Crippen MR) is 80.9 cm³/mol. The van der Waals surface area contributed by atoms with Crippen LogP contribution in [0.2, 0.25) is 5.02 Å². The number of nitrogens with zero attached hydrogens (tertiary/aromatic N) is 1. The summed E-state index contributed by atoms with van der Waals surface area (Å²) >= 11 is 6.05. The van der Waals surface area contributed by atoms with Crippen molar-refractivity contribution in [3.63, 3.8) is 0 Å². The third-order valence-electron chi connectivity index (χ3n) is 3.27. The summed E-state index contributed by atoms with van der Waals surface area (Å²) in [5.74, 6) is -0.953. The highest BCUT2D eigenvalue weighted by Crippen LogP contribution is 2.28. The normalized spacial score (nSPS) is 11.2. The molecule has 1 rings (SSSR count). The molecule has 1 N–H and O–H groups in total. The van der Waals surface area contributed by atoms with E-state index in [4.69, 9.17) is 16.7 Å². The van der Waals surface area contributed by atoms with Gasteiger partial charge in [0, 0.05) is 29.9 Å². The number of benzene rings is 1. The maximum atomic E-state index is 10.6. The Kier molecular flexibility index (Phi) is 5.90. The van der Waals surface area contributed by atoms with E-state index < -0.39 is 5.97 Å². The largest absolute Gasteiger partial charge is 0.478 e. The number of rotatable bonds is 6. The van der Waals surface area contributed by atoms with Crippen LogP contribution >= 0.6 is 11.6 Å². The van der Waals surface area contributed by atoms with Crippen LogP contribution in [-0.4, -0.2) is 24.2 Å². The molecular formula is C15H20ClNO2.